The van der Waals surface area contributed by atoms with E-state index in [1.807, 2.05) is 0 Å². The van der Waals surface area contributed by atoms with Crippen LogP contribution in [0.3, 0.4) is 0 Å². The first-order valence-electron chi connectivity index (χ1n) is 4.77. The minimum atomic E-state index is 1.26. The molecule has 0 unspecified atom stereocenters. The molecule has 0 nitrogen and oxygen atoms in total. The molecule has 0 aliphatic heterocycles. The second-order valence-corrected chi connectivity index (χ2v) is 3.75. The van der Waals surface area contributed by atoms with Crippen LogP contribution >= 0.6 is 0 Å². The lowest BCUT2D eigenvalue weighted by molar-refractivity contribution is 0.886. The van der Waals surface area contributed by atoms with Crippen LogP contribution in [0.1, 0.15) is 44.9 Å². The summed E-state index contributed by atoms with van der Waals surface area (Å²) in [4.78, 5) is 0. The third-order valence-corrected chi connectivity index (χ3v) is 2.97. The van der Waals surface area contributed by atoms with Gasteiger partial charge in [-0.3, -0.25) is 0 Å². The zero-order chi connectivity index (χ0) is 7.68. The van der Waals surface area contributed by atoms with Gasteiger partial charge >= 0.3 is 0 Å². The lowest BCUT2D eigenvalue weighted by atomic mass is 10.0. The Bertz CT molecular complexity index is 200. The molecule has 0 radical (unpaired) electrons. The molecule has 0 aromatic rings. The van der Waals surface area contributed by atoms with Crippen molar-refractivity contribution in [1.29, 1.82) is 0 Å². The number of rotatable bonds is 0. The van der Waals surface area contributed by atoms with Crippen LogP contribution in [0, 0.1) is 0 Å². The quantitative estimate of drug-likeness (QED) is 0.492. The van der Waals surface area contributed by atoms with E-state index in [-0.39, 0.29) is 0 Å². The van der Waals surface area contributed by atoms with E-state index >= 15 is 0 Å². The van der Waals surface area contributed by atoms with Gasteiger partial charge in [-0.1, -0.05) is 17.7 Å². The normalized spacial score (nSPS) is 25.3. The molecule has 2 aliphatic carbocycles. The van der Waals surface area contributed by atoms with E-state index < -0.39 is 0 Å². The van der Waals surface area contributed by atoms with Crippen LogP contribution in [-0.2, 0) is 0 Å². The zero-order valence-corrected chi connectivity index (χ0v) is 7.16. The van der Waals surface area contributed by atoms with E-state index in [0.717, 1.165) is 0 Å². The van der Waals surface area contributed by atoms with Gasteiger partial charge in [0.1, 0.15) is 0 Å². The van der Waals surface area contributed by atoms with E-state index in [0.29, 0.717) is 0 Å². The SMILES string of the molecule is C=C1CCCC1=C1CCCC1. The van der Waals surface area contributed by atoms with Crippen molar-refractivity contribution in [3.63, 3.8) is 0 Å². The standard InChI is InChI=1S/C11H16/c1-9-5-4-8-11(9)10-6-2-3-7-10/h1-8H2. The highest BCUT2D eigenvalue weighted by atomic mass is 14.2. The fourth-order valence-corrected chi connectivity index (χ4v) is 2.34. The molecule has 0 heterocycles. The minimum Gasteiger partial charge on any atom is -0.0956 e. The molecule has 0 heteroatoms. The molecule has 60 valence electrons. The highest BCUT2D eigenvalue weighted by molar-refractivity contribution is 5.37. The van der Waals surface area contributed by atoms with Crippen molar-refractivity contribution in [2.24, 2.45) is 0 Å². The molecule has 0 aromatic carbocycles. The molecular formula is C11H16. The summed E-state index contributed by atoms with van der Waals surface area (Å²) in [6, 6.07) is 0. The second-order valence-electron chi connectivity index (χ2n) is 3.75. The van der Waals surface area contributed by atoms with E-state index in [2.05, 4.69) is 6.58 Å². The maximum absolute atomic E-state index is 4.12. The minimum absolute atomic E-state index is 1.26. The Morgan fingerprint density at radius 1 is 0.818 bits per heavy atom. The molecule has 2 fully saturated rings. The smallest absolute Gasteiger partial charge is 0.0274 e. The van der Waals surface area contributed by atoms with Crippen LogP contribution in [0.25, 0.3) is 0 Å². The van der Waals surface area contributed by atoms with Crippen molar-refractivity contribution in [2.45, 2.75) is 44.9 Å². The number of hydrogen-bond acceptors (Lipinski definition) is 0. The average Bonchev–Trinajstić information content (AvgIpc) is 2.55. The molecule has 0 N–H and O–H groups in total. The third kappa shape index (κ3) is 1.26. The van der Waals surface area contributed by atoms with Crippen molar-refractivity contribution in [3.8, 4) is 0 Å². The van der Waals surface area contributed by atoms with E-state index in [4.69, 9.17) is 0 Å². The lowest BCUT2D eigenvalue weighted by Crippen LogP contribution is -1.83. The first kappa shape index (κ1) is 7.15. The molecule has 11 heavy (non-hydrogen) atoms. The summed E-state index contributed by atoms with van der Waals surface area (Å²) in [5.74, 6) is 0. The predicted octanol–water partition coefficient (Wildman–Crippen LogP) is 3.60. The summed E-state index contributed by atoms with van der Waals surface area (Å²) in [6.07, 6.45) is 9.53. The van der Waals surface area contributed by atoms with E-state index in [1.165, 1.54) is 50.5 Å². The molecule has 0 aromatic heterocycles. The number of allylic oxidation sites excluding steroid dienone is 3. The first-order valence-corrected chi connectivity index (χ1v) is 4.77. The molecule has 2 aliphatic rings. The Morgan fingerprint density at radius 2 is 1.55 bits per heavy atom. The molecule has 0 spiro atoms. The monoisotopic (exact) mass is 148 g/mol. The summed E-state index contributed by atoms with van der Waals surface area (Å²) < 4.78 is 0. The summed E-state index contributed by atoms with van der Waals surface area (Å²) in [7, 11) is 0. The Kier molecular flexibility index (Phi) is 1.85. The maximum atomic E-state index is 4.12. The van der Waals surface area contributed by atoms with Gasteiger partial charge in [0, 0.05) is 0 Å². The second kappa shape index (κ2) is 2.84. The van der Waals surface area contributed by atoms with Gasteiger partial charge in [0.15, 0.2) is 0 Å². The Morgan fingerprint density at radius 3 is 2.09 bits per heavy atom. The highest BCUT2D eigenvalue weighted by Gasteiger charge is 2.18. The Hall–Kier alpha value is -0.520. The van der Waals surface area contributed by atoms with Gasteiger partial charge in [0.25, 0.3) is 0 Å². The van der Waals surface area contributed by atoms with Crippen molar-refractivity contribution in [3.05, 3.63) is 23.3 Å². The summed E-state index contributed by atoms with van der Waals surface area (Å²) >= 11 is 0. The lowest BCUT2D eigenvalue weighted by Gasteiger charge is -2.03. The van der Waals surface area contributed by atoms with Crippen molar-refractivity contribution in [2.75, 3.05) is 0 Å². The maximum Gasteiger partial charge on any atom is -0.0274 e. The molecule has 0 saturated heterocycles. The fourth-order valence-electron chi connectivity index (χ4n) is 2.34. The van der Waals surface area contributed by atoms with E-state index in [9.17, 15) is 0 Å². The van der Waals surface area contributed by atoms with Crippen molar-refractivity contribution in [1.82, 2.24) is 0 Å². The van der Waals surface area contributed by atoms with Gasteiger partial charge in [-0.2, -0.15) is 0 Å². The first-order chi connectivity index (χ1) is 5.38. The average molecular weight is 148 g/mol. The molecular weight excluding hydrogens is 132 g/mol. The van der Waals surface area contributed by atoms with Crippen molar-refractivity contribution < 1.29 is 0 Å². The molecule has 0 atom stereocenters. The Balaban J connectivity index is 2.23. The third-order valence-electron chi connectivity index (χ3n) is 2.97. The zero-order valence-electron chi connectivity index (χ0n) is 7.16. The van der Waals surface area contributed by atoms with Crippen molar-refractivity contribution >= 4 is 0 Å². The molecule has 2 saturated carbocycles. The molecule has 0 amide bonds. The fraction of sp³-hybridized carbons (Fsp3) is 0.636. The largest absolute Gasteiger partial charge is 0.0956 e. The van der Waals surface area contributed by atoms with Gasteiger partial charge in [-0.15, -0.1) is 0 Å². The van der Waals surface area contributed by atoms with Crippen LogP contribution in [0.4, 0.5) is 0 Å². The molecule has 0 bridgehead atoms. The van der Waals surface area contributed by atoms with Crippen LogP contribution in [0.5, 0.6) is 0 Å². The highest BCUT2D eigenvalue weighted by Crippen LogP contribution is 2.37. The summed E-state index contributed by atoms with van der Waals surface area (Å²) in [6.45, 7) is 4.12. The topological polar surface area (TPSA) is 0 Å². The van der Waals surface area contributed by atoms with E-state index in [1.54, 1.807) is 11.1 Å². The van der Waals surface area contributed by atoms with Gasteiger partial charge in [0.2, 0.25) is 0 Å². The predicted molar refractivity (Wildman–Crippen MR) is 48.5 cm³/mol. The summed E-state index contributed by atoms with van der Waals surface area (Å²) in [5, 5.41) is 0. The molecule has 2 rings (SSSR count). The van der Waals surface area contributed by atoms with Gasteiger partial charge in [-0.25, -0.2) is 0 Å². The van der Waals surface area contributed by atoms with Gasteiger partial charge in [-0.05, 0) is 50.5 Å². The van der Waals surface area contributed by atoms with Crippen LogP contribution in [-0.4, -0.2) is 0 Å². The Labute approximate surface area is 69.0 Å². The summed E-state index contributed by atoms with van der Waals surface area (Å²) in [5.41, 5.74) is 4.84. The van der Waals surface area contributed by atoms with Crippen LogP contribution in [0.15, 0.2) is 23.3 Å². The van der Waals surface area contributed by atoms with Crippen LogP contribution < -0.4 is 0 Å². The van der Waals surface area contributed by atoms with Crippen LogP contribution in [0.2, 0.25) is 0 Å². The van der Waals surface area contributed by atoms with Gasteiger partial charge in [0.05, 0.1) is 0 Å². The number of hydrogen-bond donors (Lipinski definition) is 0. The van der Waals surface area contributed by atoms with Gasteiger partial charge < -0.3 is 0 Å².